The molecule has 1 atom stereocenters. The number of ether oxygens (including phenoxy) is 2. The van der Waals surface area contributed by atoms with E-state index < -0.39 is 32.8 Å². The Labute approximate surface area is 94.8 Å². The molecule has 6 nitrogen and oxygen atoms in total. The van der Waals surface area contributed by atoms with Crippen LogP contribution in [0.1, 0.15) is 20.8 Å². The topological polar surface area (TPSA) is 86.7 Å². The average Bonchev–Trinajstić information content (AvgIpc) is 2.16. The summed E-state index contributed by atoms with van der Waals surface area (Å²) in [5.41, 5.74) is 0. The summed E-state index contributed by atoms with van der Waals surface area (Å²) in [5, 5.41) is -1.35. The molecule has 0 aromatic heterocycles. The molecule has 0 amide bonds. The van der Waals surface area contributed by atoms with E-state index in [0.717, 1.165) is 0 Å². The summed E-state index contributed by atoms with van der Waals surface area (Å²) in [6, 6.07) is 0. The fourth-order valence-corrected chi connectivity index (χ4v) is 1.92. The minimum atomic E-state index is -3.85. The quantitative estimate of drug-likeness (QED) is 0.614. The number of carbonyl (C=O) groups excluding carboxylic acids is 2. The van der Waals surface area contributed by atoms with Crippen molar-refractivity contribution in [3.8, 4) is 0 Å². The molecule has 0 N–H and O–H groups in total. The van der Waals surface area contributed by atoms with Crippen LogP contribution in [0.3, 0.4) is 0 Å². The summed E-state index contributed by atoms with van der Waals surface area (Å²) in [6.07, 6.45) is 0. The van der Waals surface area contributed by atoms with Gasteiger partial charge in [-0.3, -0.25) is 9.59 Å². The van der Waals surface area contributed by atoms with Gasteiger partial charge < -0.3 is 9.47 Å². The Balaban J connectivity index is 4.54. The summed E-state index contributed by atoms with van der Waals surface area (Å²) in [5.74, 6) is -2.52. The summed E-state index contributed by atoms with van der Waals surface area (Å²) < 4.78 is 32.1. The van der Waals surface area contributed by atoms with Crippen LogP contribution in [-0.2, 0) is 28.9 Å². The molecule has 0 bridgehead atoms. The second kappa shape index (κ2) is 6.47. The van der Waals surface area contributed by atoms with E-state index in [9.17, 15) is 18.0 Å². The lowest BCUT2D eigenvalue weighted by molar-refractivity contribution is -0.142. The molecule has 94 valence electrons. The second-order valence-electron chi connectivity index (χ2n) is 3.01. The molecule has 16 heavy (non-hydrogen) atoms. The van der Waals surface area contributed by atoms with Gasteiger partial charge in [0, 0.05) is 0 Å². The molecule has 0 radical (unpaired) electrons. The van der Waals surface area contributed by atoms with Gasteiger partial charge in [-0.05, 0) is 20.8 Å². The first-order chi connectivity index (χ1) is 7.35. The molecular formula is C9H16O6S. The Morgan fingerprint density at radius 2 is 1.62 bits per heavy atom. The van der Waals surface area contributed by atoms with Crippen molar-refractivity contribution in [2.24, 2.45) is 0 Å². The largest absolute Gasteiger partial charge is 0.465 e. The number of sulfone groups is 1. The van der Waals surface area contributed by atoms with Crippen LogP contribution in [0.25, 0.3) is 0 Å². The fourth-order valence-electron chi connectivity index (χ4n) is 0.898. The van der Waals surface area contributed by atoms with Crippen LogP contribution in [0, 0.1) is 0 Å². The number of carbonyl (C=O) groups is 2. The van der Waals surface area contributed by atoms with Crippen LogP contribution < -0.4 is 0 Å². The van der Waals surface area contributed by atoms with E-state index in [2.05, 4.69) is 9.47 Å². The maximum Gasteiger partial charge on any atom is 0.324 e. The third kappa shape index (κ3) is 4.61. The molecule has 0 fully saturated rings. The van der Waals surface area contributed by atoms with E-state index in [0.29, 0.717) is 0 Å². The lowest BCUT2D eigenvalue weighted by atomic mass is 10.5. The molecule has 0 aromatic carbocycles. The van der Waals surface area contributed by atoms with Crippen molar-refractivity contribution < 1.29 is 27.5 Å². The van der Waals surface area contributed by atoms with Crippen LogP contribution >= 0.6 is 0 Å². The van der Waals surface area contributed by atoms with Crippen molar-refractivity contribution in [3.63, 3.8) is 0 Å². The van der Waals surface area contributed by atoms with Gasteiger partial charge in [0.15, 0.2) is 15.1 Å². The smallest absolute Gasteiger partial charge is 0.324 e. The SMILES string of the molecule is CCOC(=O)CS(=O)(=O)C(C)C(=O)OCC. The van der Waals surface area contributed by atoms with Gasteiger partial charge in [0.2, 0.25) is 0 Å². The van der Waals surface area contributed by atoms with E-state index in [1.54, 1.807) is 13.8 Å². The van der Waals surface area contributed by atoms with Crippen LogP contribution in [0.15, 0.2) is 0 Å². The first kappa shape index (κ1) is 14.9. The Hall–Kier alpha value is -1.11. The number of hydrogen-bond donors (Lipinski definition) is 0. The summed E-state index contributed by atoms with van der Waals surface area (Å²) in [7, 11) is -3.85. The number of rotatable bonds is 6. The van der Waals surface area contributed by atoms with Crippen LogP contribution in [0.4, 0.5) is 0 Å². The summed E-state index contributed by atoms with van der Waals surface area (Å²) in [4.78, 5) is 22.2. The van der Waals surface area contributed by atoms with E-state index >= 15 is 0 Å². The Morgan fingerprint density at radius 3 is 2.06 bits per heavy atom. The standard InChI is InChI=1S/C9H16O6S/c1-4-14-8(10)6-16(12,13)7(3)9(11)15-5-2/h7H,4-6H2,1-3H3. The van der Waals surface area contributed by atoms with Crippen molar-refractivity contribution in [3.05, 3.63) is 0 Å². The second-order valence-corrected chi connectivity index (χ2v) is 5.33. The highest BCUT2D eigenvalue weighted by molar-refractivity contribution is 7.93. The third-order valence-corrected chi connectivity index (χ3v) is 3.69. The summed E-state index contributed by atoms with van der Waals surface area (Å²) in [6.45, 7) is 4.52. The molecule has 0 spiro atoms. The zero-order chi connectivity index (χ0) is 12.8. The molecular weight excluding hydrogens is 236 g/mol. The molecule has 0 saturated carbocycles. The zero-order valence-electron chi connectivity index (χ0n) is 9.56. The molecule has 0 rings (SSSR count). The highest BCUT2D eigenvalue weighted by Crippen LogP contribution is 2.05. The van der Waals surface area contributed by atoms with E-state index in [4.69, 9.17) is 0 Å². The fraction of sp³-hybridized carbons (Fsp3) is 0.778. The zero-order valence-corrected chi connectivity index (χ0v) is 10.4. The van der Waals surface area contributed by atoms with Gasteiger partial charge in [-0.15, -0.1) is 0 Å². The van der Waals surface area contributed by atoms with Crippen molar-refractivity contribution in [2.75, 3.05) is 19.0 Å². The first-order valence-corrected chi connectivity index (χ1v) is 6.60. The van der Waals surface area contributed by atoms with Crippen molar-refractivity contribution >= 4 is 21.8 Å². The van der Waals surface area contributed by atoms with Crippen molar-refractivity contribution in [1.82, 2.24) is 0 Å². The van der Waals surface area contributed by atoms with Gasteiger partial charge in [-0.1, -0.05) is 0 Å². The van der Waals surface area contributed by atoms with Gasteiger partial charge in [0.25, 0.3) is 0 Å². The molecule has 0 saturated heterocycles. The van der Waals surface area contributed by atoms with Gasteiger partial charge >= 0.3 is 11.9 Å². The lowest BCUT2D eigenvalue weighted by Gasteiger charge is -2.10. The normalized spacial score (nSPS) is 12.9. The van der Waals surface area contributed by atoms with Crippen LogP contribution in [0.5, 0.6) is 0 Å². The molecule has 0 aliphatic rings. The monoisotopic (exact) mass is 252 g/mol. The molecule has 0 heterocycles. The van der Waals surface area contributed by atoms with Crippen LogP contribution in [-0.4, -0.2) is 44.6 Å². The number of hydrogen-bond acceptors (Lipinski definition) is 6. The third-order valence-electron chi connectivity index (χ3n) is 1.78. The molecule has 0 aromatic rings. The van der Waals surface area contributed by atoms with Gasteiger partial charge in [-0.2, -0.15) is 0 Å². The number of esters is 2. The highest BCUT2D eigenvalue weighted by Gasteiger charge is 2.31. The predicted octanol–water partition coefficient (Wildman–Crippen LogP) is -0.0841. The van der Waals surface area contributed by atoms with Crippen molar-refractivity contribution in [1.29, 1.82) is 0 Å². The molecule has 1 unspecified atom stereocenters. The Kier molecular flexibility index (Phi) is 6.02. The Bertz CT molecular complexity index is 345. The maximum absolute atomic E-state index is 11.5. The highest BCUT2D eigenvalue weighted by atomic mass is 32.2. The van der Waals surface area contributed by atoms with Crippen molar-refractivity contribution in [2.45, 2.75) is 26.0 Å². The van der Waals surface area contributed by atoms with Gasteiger partial charge in [0.05, 0.1) is 13.2 Å². The molecule has 0 aliphatic heterocycles. The first-order valence-electron chi connectivity index (χ1n) is 4.89. The van der Waals surface area contributed by atoms with Gasteiger partial charge in [0.1, 0.15) is 5.75 Å². The minimum Gasteiger partial charge on any atom is -0.465 e. The van der Waals surface area contributed by atoms with Gasteiger partial charge in [-0.25, -0.2) is 8.42 Å². The average molecular weight is 252 g/mol. The lowest BCUT2D eigenvalue weighted by Crippen LogP contribution is -2.34. The van der Waals surface area contributed by atoms with E-state index in [1.165, 1.54) is 6.92 Å². The van der Waals surface area contributed by atoms with E-state index in [-0.39, 0.29) is 13.2 Å². The van der Waals surface area contributed by atoms with Crippen LogP contribution in [0.2, 0.25) is 0 Å². The maximum atomic E-state index is 11.5. The van der Waals surface area contributed by atoms with E-state index in [1.807, 2.05) is 0 Å². The summed E-state index contributed by atoms with van der Waals surface area (Å²) >= 11 is 0. The molecule has 7 heteroatoms. The molecule has 0 aliphatic carbocycles. The minimum absolute atomic E-state index is 0.0953. The predicted molar refractivity (Wildman–Crippen MR) is 56.5 cm³/mol. The Morgan fingerprint density at radius 1 is 1.12 bits per heavy atom.